The van der Waals surface area contributed by atoms with E-state index >= 15 is 0 Å². The molecule has 5 nitrogen and oxygen atoms in total. The molecule has 94 valence electrons. The number of nitrogens with one attached hydrogen (secondary N) is 1. The van der Waals surface area contributed by atoms with Gasteiger partial charge < -0.3 is 4.57 Å². The highest BCUT2D eigenvalue weighted by atomic mass is 31.2. The lowest BCUT2D eigenvalue weighted by Crippen LogP contribution is -2.28. The Bertz CT molecular complexity index is 582. The molecule has 0 bridgehead atoms. The van der Waals surface area contributed by atoms with Crippen molar-refractivity contribution >= 4 is 13.3 Å². The van der Waals surface area contributed by atoms with Gasteiger partial charge in [0.15, 0.2) is 0 Å². The zero-order valence-corrected chi connectivity index (χ0v) is 10.5. The zero-order valence-electron chi connectivity index (χ0n) is 9.64. The molecule has 0 saturated heterocycles. The standard InChI is InChI=1S/C10H14FN2O3P/c1-17(2,16)6-4-3-5-13-7-8(11)9(14)12-10(13)15/h3,5,7H,4,6H2,1-2H3,(H,12,14,15)/b5-3-. The third kappa shape index (κ3) is 4.53. The normalized spacial score (nSPS) is 12.2. The van der Waals surface area contributed by atoms with Gasteiger partial charge in [0.1, 0.15) is 0 Å². The van der Waals surface area contributed by atoms with Crippen molar-refractivity contribution in [1.29, 1.82) is 0 Å². The van der Waals surface area contributed by atoms with Gasteiger partial charge in [-0.15, -0.1) is 0 Å². The van der Waals surface area contributed by atoms with Gasteiger partial charge >= 0.3 is 5.69 Å². The first-order valence-electron chi connectivity index (χ1n) is 5.01. The molecule has 1 rings (SSSR count). The van der Waals surface area contributed by atoms with E-state index in [-0.39, 0.29) is 0 Å². The van der Waals surface area contributed by atoms with Gasteiger partial charge in [-0.25, -0.2) is 4.79 Å². The quantitative estimate of drug-likeness (QED) is 0.826. The first-order chi connectivity index (χ1) is 7.79. The van der Waals surface area contributed by atoms with E-state index in [1.54, 1.807) is 19.4 Å². The fourth-order valence-corrected chi connectivity index (χ4v) is 1.92. The molecule has 0 spiro atoms. The average Bonchev–Trinajstić information content (AvgIpc) is 2.18. The van der Waals surface area contributed by atoms with E-state index in [0.717, 1.165) is 10.8 Å². The van der Waals surface area contributed by atoms with Crippen molar-refractivity contribution in [3.63, 3.8) is 0 Å². The van der Waals surface area contributed by atoms with E-state index in [0.29, 0.717) is 12.6 Å². The minimum atomic E-state index is -2.09. The predicted molar refractivity (Wildman–Crippen MR) is 65.5 cm³/mol. The molecule has 0 aromatic carbocycles. The first-order valence-corrected chi connectivity index (χ1v) is 7.80. The summed E-state index contributed by atoms with van der Waals surface area (Å²) in [6, 6.07) is 0. The Hall–Kier alpha value is -1.42. The molecule has 1 N–H and O–H groups in total. The summed E-state index contributed by atoms with van der Waals surface area (Å²) < 4.78 is 25.2. The van der Waals surface area contributed by atoms with Gasteiger partial charge in [0.2, 0.25) is 5.82 Å². The number of H-pyrrole nitrogens is 1. The van der Waals surface area contributed by atoms with E-state index < -0.39 is 24.2 Å². The van der Waals surface area contributed by atoms with Crippen LogP contribution < -0.4 is 11.2 Å². The zero-order chi connectivity index (χ0) is 13.1. The van der Waals surface area contributed by atoms with Gasteiger partial charge in [0.05, 0.1) is 13.3 Å². The van der Waals surface area contributed by atoms with Crippen molar-refractivity contribution < 1.29 is 8.96 Å². The van der Waals surface area contributed by atoms with E-state index in [1.807, 2.05) is 4.98 Å². The van der Waals surface area contributed by atoms with Gasteiger partial charge in [-0.1, -0.05) is 6.08 Å². The highest BCUT2D eigenvalue weighted by molar-refractivity contribution is 7.62. The first kappa shape index (κ1) is 13.6. The molecule has 0 aliphatic rings. The van der Waals surface area contributed by atoms with Crippen LogP contribution in [0.4, 0.5) is 4.39 Å². The number of hydrogen-bond acceptors (Lipinski definition) is 3. The Morgan fingerprint density at radius 2 is 2.12 bits per heavy atom. The van der Waals surface area contributed by atoms with E-state index in [1.165, 1.54) is 6.20 Å². The summed E-state index contributed by atoms with van der Waals surface area (Å²) in [5.74, 6) is -1.02. The van der Waals surface area contributed by atoms with Gasteiger partial charge in [-0.2, -0.15) is 4.39 Å². The van der Waals surface area contributed by atoms with Crippen molar-refractivity contribution in [3.8, 4) is 0 Å². The van der Waals surface area contributed by atoms with Crippen molar-refractivity contribution in [1.82, 2.24) is 9.55 Å². The van der Waals surface area contributed by atoms with Gasteiger partial charge in [0, 0.05) is 12.4 Å². The number of aromatic nitrogens is 2. The van der Waals surface area contributed by atoms with Crippen LogP contribution in [0.3, 0.4) is 0 Å². The van der Waals surface area contributed by atoms with Crippen LogP contribution in [0.15, 0.2) is 21.9 Å². The van der Waals surface area contributed by atoms with Crippen LogP contribution in [0.1, 0.15) is 6.42 Å². The molecule has 1 aromatic rings. The smallest absolute Gasteiger partial charge is 0.324 e. The maximum atomic E-state index is 12.9. The van der Waals surface area contributed by atoms with Crippen LogP contribution in [-0.4, -0.2) is 29.0 Å². The van der Waals surface area contributed by atoms with Crippen molar-refractivity contribution in [2.45, 2.75) is 6.42 Å². The number of allylic oxidation sites excluding steroid dienone is 1. The minimum Gasteiger partial charge on any atom is -0.324 e. The largest absolute Gasteiger partial charge is 0.332 e. The monoisotopic (exact) mass is 260 g/mol. The highest BCUT2D eigenvalue weighted by Gasteiger charge is 2.04. The molecular weight excluding hydrogens is 246 g/mol. The number of nitrogens with zero attached hydrogens (tertiary/aromatic N) is 1. The fourth-order valence-electron chi connectivity index (χ4n) is 1.15. The van der Waals surface area contributed by atoms with E-state index in [9.17, 15) is 18.5 Å². The topological polar surface area (TPSA) is 71.9 Å². The summed E-state index contributed by atoms with van der Waals surface area (Å²) in [5, 5.41) is 0. The number of aromatic amines is 1. The lowest BCUT2D eigenvalue weighted by molar-refractivity contribution is 0.582. The molecule has 0 amide bonds. The van der Waals surface area contributed by atoms with Crippen molar-refractivity contribution in [2.75, 3.05) is 19.5 Å². The van der Waals surface area contributed by atoms with Gasteiger partial charge in [-0.05, 0) is 19.8 Å². The molecule has 7 heteroatoms. The molecule has 0 atom stereocenters. The molecule has 0 saturated carbocycles. The number of hydrogen-bond donors (Lipinski definition) is 1. The maximum absolute atomic E-state index is 12.9. The maximum Gasteiger partial charge on any atom is 0.332 e. The third-order valence-electron chi connectivity index (χ3n) is 2.02. The van der Waals surface area contributed by atoms with Crippen LogP contribution >= 0.6 is 7.14 Å². The van der Waals surface area contributed by atoms with Gasteiger partial charge in [-0.3, -0.25) is 14.3 Å². The van der Waals surface area contributed by atoms with Crippen LogP contribution in [0.5, 0.6) is 0 Å². The second kappa shape index (κ2) is 5.27. The van der Waals surface area contributed by atoms with E-state index in [4.69, 9.17) is 0 Å². The van der Waals surface area contributed by atoms with Crippen LogP contribution in [0.2, 0.25) is 0 Å². The van der Waals surface area contributed by atoms with Crippen molar-refractivity contribution in [2.24, 2.45) is 0 Å². The van der Waals surface area contributed by atoms with E-state index in [2.05, 4.69) is 0 Å². The molecule has 0 fully saturated rings. The Labute approximate surface area is 97.4 Å². The summed E-state index contributed by atoms with van der Waals surface area (Å²) in [5.41, 5.74) is -1.74. The van der Waals surface area contributed by atoms with Gasteiger partial charge in [0.25, 0.3) is 5.56 Å². The van der Waals surface area contributed by atoms with Crippen molar-refractivity contribution in [3.05, 3.63) is 38.9 Å². The predicted octanol–water partition coefficient (Wildman–Crippen LogP) is 1.16. The second-order valence-corrected chi connectivity index (χ2v) is 7.71. The Balaban J connectivity index is 2.79. The molecule has 17 heavy (non-hydrogen) atoms. The average molecular weight is 260 g/mol. The Morgan fingerprint density at radius 1 is 1.47 bits per heavy atom. The fraction of sp³-hybridized carbons (Fsp3) is 0.400. The Morgan fingerprint density at radius 3 is 2.71 bits per heavy atom. The summed E-state index contributed by atoms with van der Waals surface area (Å²) in [7, 11) is -2.09. The highest BCUT2D eigenvalue weighted by Crippen LogP contribution is 2.36. The summed E-state index contributed by atoms with van der Waals surface area (Å²) in [6.07, 6.45) is 4.81. The summed E-state index contributed by atoms with van der Waals surface area (Å²) >= 11 is 0. The van der Waals surface area contributed by atoms with Crippen LogP contribution in [-0.2, 0) is 4.57 Å². The molecule has 0 aliphatic heterocycles. The third-order valence-corrected chi connectivity index (χ3v) is 3.36. The second-order valence-electron chi connectivity index (χ2n) is 4.11. The lowest BCUT2D eigenvalue weighted by atomic mass is 10.4. The summed E-state index contributed by atoms with van der Waals surface area (Å²) in [4.78, 5) is 23.8. The SMILES string of the molecule is CP(C)(=O)CC/C=C\n1cc(F)c(=O)[nH]c1=O. The minimum absolute atomic E-state index is 0.518. The molecule has 0 radical (unpaired) electrons. The number of halogens is 1. The number of rotatable bonds is 4. The summed E-state index contributed by atoms with van der Waals surface area (Å²) in [6.45, 7) is 3.35. The molecule has 1 heterocycles. The molecule has 0 unspecified atom stereocenters. The molecule has 0 aliphatic carbocycles. The van der Waals surface area contributed by atoms with Crippen LogP contribution in [0.25, 0.3) is 6.20 Å². The molecular formula is C10H14FN2O3P. The molecule has 1 aromatic heterocycles. The lowest BCUT2D eigenvalue weighted by Gasteiger charge is -2.02. The Kier molecular flexibility index (Phi) is 4.23. The van der Waals surface area contributed by atoms with Crippen LogP contribution in [0, 0.1) is 5.82 Å².